The third-order valence-electron chi connectivity index (χ3n) is 3.89. The number of amides is 1. The van der Waals surface area contributed by atoms with Crippen LogP contribution in [0.2, 0.25) is 0 Å². The highest BCUT2D eigenvalue weighted by atomic mass is 16.3. The summed E-state index contributed by atoms with van der Waals surface area (Å²) in [6.07, 6.45) is 4.50. The molecule has 1 unspecified atom stereocenters. The standard InChI is InChI=1S/C12H21NO2/c1-12(2)5-3-9(4-6-12)13-8-10(14)7-11(13)15/h9-10,14H,3-8H2,1-2H3. The number of rotatable bonds is 1. The normalized spacial score (nSPS) is 32.3. The number of β-amino-alcohol motifs (C(OH)–C–C–N with tert-alkyl or cyclic N) is 1. The molecule has 2 aliphatic rings. The van der Waals surface area contributed by atoms with E-state index in [2.05, 4.69) is 13.8 Å². The fourth-order valence-electron chi connectivity index (χ4n) is 2.76. The number of aliphatic hydroxyl groups is 1. The Bertz CT molecular complexity index is 252. The zero-order valence-electron chi connectivity index (χ0n) is 9.70. The van der Waals surface area contributed by atoms with Gasteiger partial charge in [0.25, 0.3) is 0 Å². The Morgan fingerprint density at radius 1 is 1.33 bits per heavy atom. The smallest absolute Gasteiger partial charge is 0.225 e. The van der Waals surface area contributed by atoms with E-state index in [1.807, 2.05) is 4.90 Å². The topological polar surface area (TPSA) is 40.5 Å². The summed E-state index contributed by atoms with van der Waals surface area (Å²) in [6, 6.07) is 0.391. The van der Waals surface area contributed by atoms with Crippen molar-refractivity contribution >= 4 is 5.91 Å². The third kappa shape index (κ3) is 2.33. The van der Waals surface area contributed by atoms with E-state index in [0.717, 1.165) is 12.8 Å². The first-order valence-corrected chi connectivity index (χ1v) is 5.95. The van der Waals surface area contributed by atoms with Gasteiger partial charge in [0.2, 0.25) is 5.91 Å². The molecule has 1 aliphatic carbocycles. The number of carbonyl (C=O) groups excluding carboxylic acids is 1. The molecule has 3 nitrogen and oxygen atoms in total. The highest BCUT2D eigenvalue weighted by molar-refractivity contribution is 5.79. The van der Waals surface area contributed by atoms with E-state index in [4.69, 9.17) is 0 Å². The van der Waals surface area contributed by atoms with Gasteiger partial charge in [-0.25, -0.2) is 0 Å². The molecule has 86 valence electrons. The Balaban J connectivity index is 1.93. The van der Waals surface area contributed by atoms with Crippen LogP contribution >= 0.6 is 0 Å². The number of hydrogen-bond acceptors (Lipinski definition) is 2. The predicted octanol–water partition coefficient (Wildman–Crippen LogP) is 1.55. The van der Waals surface area contributed by atoms with Crippen LogP contribution in [0, 0.1) is 5.41 Å². The monoisotopic (exact) mass is 211 g/mol. The summed E-state index contributed by atoms with van der Waals surface area (Å²) < 4.78 is 0. The van der Waals surface area contributed by atoms with Gasteiger partial charge in [-0.2, -0.15) is 0 Å². The fraction of sp³-hybridized carbons (Fsp3) is 0.917. The molecule has 0 aromatic carbocycles. The van der Waals surface area contributed by atoms with Crippen molar-refractivity contribution in [3.8, 4) is 0 Å². The maximum absolute atomic E-state index is 11.6. The van der Waals surface area contributed by atoms with Crippen molar-refractivity contribution in [1.82, 2.24) is 4.90 Å². The molecule has 0 spiro atoms. The van der Waals surface area contributed by atoms with Gasteiger partial charge >= 0.3 is 0 Å². The van der Waals surface area contributed by atoms with Crippen LogP contribution in [0.25, 0.3) is 0 Å². The molecule has 15 heavy (non-hydrogen) atoms. The summed E-state index contributed by atoms with van der Waals surface area (Å²) in [7, 11) is 0. The molecule has 1 amide bonds. The zero-order chi connectivity index (χ0) is 11.1. The van der Waals surface area contributed by atoms with Crippen molar-refractivity contribution in [2.75, 3.05) is 6.54 Å². The van der Waals surface area contributed by atoms with Gasteiger partial charge in [0, 0.05) is 12.6 Å². The van der Waals surface area contributed by atoms with Gasteiger partial charge in [0.05, 0.1) is 12.5 Å². The average Bonchev–Trinajstić information content (AvgIpc) is 2.45. The van der Waals surface area contributed by atoms with Gasteiger partial charge in [-0.15, -0.1) is 0 Å². The minimum absolute atomic E-state index is 0.146. The summed E-state index contributed by atoms with van der Waals surface area (Å²) in [6.45, 7) is 5.15. The summed E-state index contributed by atoms with van der Waals surface area (Å²) in [5, 5.41) is 9.44. The summed E-state index contributed by atoms with van der Waals surface area (Å²) in [5.41, 5.74) is 0.442. The van der Waals surface area contributed by atoms with E-state index in [-0.39, 0.29) is 5.91 Å². The van der Waals surface area contributed by atoms with Crippen molar-refractivity contribution in [1.29, 1.82) is 0 Å². The lowest BCUT2D eigenvalue weighted by Crippen LogP contribution is -2.40. The van der Waals surface area contributed by atoms with E-state index in [9.17, 15) is 9.90 Å². The molecule has 2 rings (SSSR count). The van der Waals surface area contributed by atoms with Crippen LogP contribution in [-0.2, 0) is 4.79 Å². The van der Waals surface area contributed by atoms with Crippen LogP contribution < -0.4 is 0 Å². The van der Waals surface area contributed by atoms with E-state index in [1.165, 1.54) is 12.8 Å². The number of carbonyl (C=O) groups is 1. The molecule has 0 radical (unpaired) electrons. The molecular weight excluding hydrogens is 190 g/mol. The van der Waals surface area contributed by atoms with Gasteiger partial charge in [-0.3, -0.25) is 4.79 Å². The number of nitrogens with zero attached hydrogens (tertiary/aromatic N) is 1. The molecular formula is C12H21NO2. The Hall–Kier alpha value is -0.570. The van der Waals surface area contributed by atoms with Crippen LogP contribution in [0.1, 0.15) is 46.0 Å². The average molecular weight is 211 g/mol. The van der Waals surface area contributed by atoms with Crippen molar-refractivity contribution in [3.05, 3.63) is 0 Å². The van der Waals surface area contributed by atoms with Gasteiger partial charge in [-0.1, -0.05) is 13.8 Å². The first-order chi connectivity index (χ1) is 6.98. The van der Waals surface area contributed by atoms with Crippen molar-refractivity contribution < 1.29 is 9.90 Å². The molecule has 1 saturated carbocycles. The predicted molar refractivity (Wildman–Crippen MR) is 58.4 cm³/mol. The Labute approximate surface area is 91.5 Å². The second-order valence-electron chi connectivity index (χ2n) is 5.80. The molecule has 2 fully saturated rings. The largest absolute Gasteiger partial charge is 0.391 e. The van der Waals surface area contributed by atoms with Crippen molar-refractivity contribution in [2.45, 2.75) is 58.1 Å². The SMILES string of the molecule is CC1(C)CCC(N2CC(O)CC2=O)CC1. The minimum atomic E-state index is -0.424. The molecule has 1 N–H and O–H groups in total. The third-order valence-corrected chi connectivity index (χ3v) is 3.89. The summed E-state index contributed by atoms with van der Waals surface area (Å²) in [4.78, 5) is 13.5. The Morgan fingerprint density at radius 3 is 2.40 bits per heavy atom. The lowest BCUT2D eigenvalue weighted by molar-refractivity contribution is -0.130. The second kappa shape index (κ2) is 3.78. The molecule has 0 aromatic heterocycles. The summed E-state index contributed by atoms with van der Waals surface area (Å²) in [5.74, 6) is 0.146. The lowest BCUT2D eigenvalue weighted by Gasteiger charge is -2.38. The van der Waals surface area contributed by atoms with Crippen molar-refractivity contribution in [3.63, 3.8) is 0 Å². The zero-order valence-corrected chi connectivity index (χ0v) is 9.70. The minimum Gasteiger partial charge on any atom is -0.391 e. The quantitative estimate of drug-likeness (QED) is 0.715. The van der Waals surface area contributed by atoms with Gasteiger partial charge < -0.3 is 10.0 Å². The molecule has 0 bridgehead atoms. The van der Waals surface area contributed by atoms with E-state index >= 15 is 0 Å². The van der Waals surface area contributed by atoms with Gasteiger partial charge in [0.1, 0.15) is 0 Å². The first-order valence-electron chi connectivity index (χ1n) is 5.95. The molecule has 0 aromatic rings. The number of likely N-dealkylation sites (tertiary alicyclic amines) is 1. The Kier molecular flexibility index (Phi) is 2.75. The molecule has 1 heterocycles. The van der Waals surface area contributed by atoms with Crippen molar-refractivity contribution in [2.24, 2.45) is 5.41 Å². The van der Waals surface area contributed by atoms with Gasteiger partial charge in [0.15, 0.2) is 0 Å². The molecule has 1 atom stereocenters. The fourth-order valence-corrected chi connectivity index (χ4v) is 2.76. The number of hydrogen-bond donors (Lipinski definition) is 1. The van der Waals surface area contributed by atoms with Crippen LogP contribution in [0.3, 0.4) is 0 Å². The second-order valence-corrected chi connectivity index (χ2v) is 5.80. The van der Waals surface area contributed by atoms with E-state index < -0.39 is 6.10 Å². The molecule has 1 aliphatic heterocycles. The highest BCUT2D eigenvalue weighted by Crippen LogP contribution is 2.37. The molecule has 3 heteroatoms. The maximum Gasteiger partial charge on any atom is 0.225 e. The van der Waals surface area contributed by atoms with Crippen LogP contribution in [0.15, 0.2) is 0 Å². The van der Waals surface area contributed by atoms with E-state index in [1.54, 1.807) is 0 Å². The van der Waals surface area contributed by atoms with Crippen LogP contribution in [0.4, 0.5) is 0 Å². The van der Waals surface area contributed by atoms with Crippen LogP contribution in [0.5, 0.6) is 0 Å². The number of aliphatic hydroxyl groups excluding tert-OH is 1. The Morgan fingerprint density at radius 2 is 1.93 bits per heavy atom. The summed E-state index contributed by atoms with van der Waals surface area (Å²) >= 11 is 0. The highest BCUT2D eigenvalue weighted by Gasteiger charge is 2.36. The maximum atomic E-state index is 11.6. The van der Waals surface area contributed by atoms with Gasteiger partial charge in [-0.05, 0) is 31.1 Å². The first kappa shape index (κ1) is 10.9. The van der Waals surface area contributed by atoms with Crippen LogP contribution in [-0.4, -0.2) is 34.6 Å². The molecule has 1 saturated heterocycles. The van der Waals surface area contributed by atoms with E-state index in [0.29, 0.717) is 24.4 Å². The lowest BCUT2D eigenvalue weighted by atomic mass is 9.75.